The second-order valence-electron chi connectivity index (χ2n) is 10.5. The van der Waals surface area contributed by atoms with Gasteiger partial charge in [-0.15, -0.1) is 0 Å². The summed E-state index contributed by atoms with van der Waals surface area (Å²) >= 11 is 0. The number of nitrogens with zero attached hydrogens (tertiary/aromatic N) is 5. The predicted octanol–water partition coefficient (Wildman–Crippen LogP) is 6.16. The number of nitro groups is 1. The third kappa shape index (κ3) is 5.27. The molecule has 5 rings (SSSR count). The molecular weight excluding hydrogens is 490 g/mol. The number of non-ortho nitro benzene ring substituents is 1. The zero-order chi connectivity index (χ0) is 27.7. The number of hydrogen-bond donors (Lipinski definition) is 0. The Morgan fingerprint density at radius 3 is 2.08 bits per heavy atom. The quantitative estimate of drug-likeness (QED) is 0.285. The molecule has 1 aliphatic carbocycles. The highest BCUT2D eigenvalue weighted by molar-refractivity contribution is 6.09. The maximum absolute atomic E-state index is 13.8. The van der Waals surface area contributed by atoms with Crippen LogP contribution in [-0.4, -0.2) is 49.7 Å². The Bertz CT molecular complexity index is 1420. The average Bonchev–Trinajstić information content (AvgIpc) is 3.33. The van der Waals surface area contributed by atoms with Crippen molar-refractivity contribution in [2.24, 2.45) is 11.0 Å². The second kappa shape index (κ2) is 10.7. The molecule has 8 heteroatoms. The zero-order valence-corrected chi connectivity index (χ0v) is 22.7. The summed E-state index contributed by atoms with van der Waals surface area (Å²) < 4.78 is 0. The number of carbonyl (C=O) groups is 1. The highest BCUT2D eigenvalue weighted by Crippen LogP contribution is 2.45. The number of amides is 1. The van der Waals surface area contributed by atoms with Crippen molar-refractivity contribution in [3.05, 3.63) is 105 Å². The van der Waals surface area contributed by atoms with E-state index in [2.05, 4.69) is 59.5 Å². The predicted molar refractivity (Wildman–Crippen MR) is 156 cm³/mol. The van der Waals surface area contributed by atoms with Gasteiger partial charge in [0.1, 0.15) is 0 Å². The summed E-state index contributed by atoms with van der Waals surface area (Å²) in [6.45, 7) is 0. The van der Waals surface area contributed by atoms with Crippen LogP contribution in [0.5, 0.6) is 0 Å². The summed E-state index contributed by atoms with van der Waals surface area (Å²) in [7, 11) is 8.04. The van der Waals surface area contributed by atoms with Gasteiger partial charge in [-0.1, -0.05) is 24.3 Å². The standard InChI is InChI=1S/C31H33N5O3/c1-33(2)25-14-8-21(9-15-25)20-24-6-5-7-28-29(24)32-35(30(28)22-10-16-26(17-11-22)34(3)4)31(37)23-12-18-27(19-13-23)36(38)39/h8-20,28,30H,5-7H2,1-4H3/b24-20+/t28-,30-/m1/s1. The van der Waals surface area contributed by atoms with E-state index < -0.39 is 4.92 Å². The van der Waals surface area contributed by atoms with E-state index >= 15 is 0 Å². The summed E-state index contributed by atoms with van der Waals surface area (Å²) in [5.41, 5.74) is 6.78. The van der Waals surface area contributed by atoms with E-state index in [1.165, 1.54) is 24.3 Å². The highest BCUT2D eigenvalue weighted by Gasteiger charge is 2.44. The van der Waals surface area contributed by atoms with Gasteiger partial charge in [0.05, 0.1) is 16.7 Å². The number of rotatable bonds is 6. The number of hydrazone groups is 1. The van der Waals surface area contributed by atoms with E-state index in [1.807, 2.05) is 33.1 Å². The van der Waals surface area contributed by atoms with Crippen molar-refractivity contribution < 1.29 is 9.72 Å². The fourth-order valence-corrected chi connectivity index (χ4v) is 5.40. The van der Waals surface area contributed by atoms with Crippen molar-refractivity contribution in [3.63, 3.8) is 0 Å². The van der Waals surface area contributed by atoms with E-state index in [9.17, 15) is 14.9 Å². The molecule has 0 aromatic heterocycles. The summed E-state index contributed by atoms with van der Waals surface area (Å²) in [6, 6.07) is 22.2. The Morgan fingerprint density at radius 2 is 1.51 bits per heavy atom. The number of carbonyl (C=O) groups excluding carboxylic acids is 1. The number of nitro benzene ring substituents is 1. The summed E-state index contributed by atoms with van der Waals surface area (Å²) in [4.78, 5) is 28.6. The minimum Gasteiger partial charge on any atom is -0.378 e. The van der Waals surface area contributed by atoms with Gasteiger partial charge in [0, 0.05) is 63.2 Å². The van der Waals surface area contributed by atoms with E-state index in [0.717, 1.165) is 53.0 Å². The van der Waals surface area contributed by atoms with Gasteiger partial charge in [-0.05, 0) is 78.4 Å². The molecule has 1 saturated carbocycles. The Labute approximate surface area is 229 Å². The third-order valence-corrected chi connectivity index (χ3v) is 7.54. The SMILES string of the molecule is CN(C)c1ccc(/C=C2\CCC[C@@H]3C2=NN(C(=O)c2ccc([N+](=O)[O-])cc2)[C@@H]3c2ccc(N(C)C)cc2)cc1. The number of benzene rings is 3. The Kier molecular flexibility index (Phi) is 7.19. The van der Waals surface area contributed by atoms with Crippen LogP contribution < -0.4 is 9.80 Å². The van der Waals surface area contributed by atoms with Crippen molar-refractivity contribution in [3.8, 4) is 0 Å². The van der Waals surface area contributed by atoms with E-state index in [1.54, 1.807) is 5.01 Å². The van der Waals surface area contributed by atoms with Crippen molar-refractivity contribution >= 4 is 34.8 Å². The van der Waals surface area contributed by atoms with Crippen LogP contribution >= 0.6 is 0 Å². The maximum atomic E-state index is 13.8. The van der Waals surface area contributed by atoms with Crippen molar-refractivity contribution in [2.75, 3.05) is 38.0 Å². The lowest BCUT2D eigenvalue weighted by molar-refractivity contribution is -0.384. The topological polar surface area (TPSA) is 82.3 Å². The molecule has 2 aliphatic rings. The van der Waals surface area contributed by atoms with E-state index in [4.69, 9.17) is 5.10 Å². The smallest absolute Gasteiger partial charge is 0.274 e. The monoisotopic (exact) mass is 523 g/mol. The first-order valence-electron chi connectivity index (χ1n) is 13.1. The van der Waals surface area contributed by atoms with Crippen LogP contribution in [-0.2, 0) is 0 Å². The average molecular weight is 524 g/mol. The third-order valence-electron chi connectivity index (χ3n) is 7.54. The van der Waals surface area contributed by atoms with Crippen LogP contribution in [0.4, 0.5) is 17.1 Å². The molecule has 200 valence electrons. The van der Waals surface area contributed by atoms with Crippen molar-refractivity contribution in [1.29, 1.82) is 0 Å². The van der Waals surface area contributed by atoms with Crippen molar-refractivity contribution in [1.82, 2.24) is 5.01 Å². The molecule has 0 bridgehead atoms. The van der Waals surface area contributed by atoms with Gasteiger partial charge in [0.2, 0.25) is 0 Å². The van der Waals surface area contributed by atoms with Gasteiger partial charge in [0.25, 0.3) is 11.6 Å². The molecule has 39 heavy (non-hydrogen) atoms. The molecule has 1 aliphatic heterocycles. The van der Waals surface area contributed by atoms with Gasteiger partial charge in [-0.3, -0.25) is 14.9 Å². The largest absolute Gasteiger partial charge is 0.378 e. The van der Waals surface area contributed by atoms with Gasteiger partial charge >= 0.3 is 0 Å². The second-order valence-corrected chi connectivity index (χ2v) is 10.5. The fourth-order valence-electron chi connectivity index (χ4n) is 5.40. The fraction of sp³-hybridized carbons (Fsp3) is 0.290. The lowest BCUT2D eigenvalue weighted by Gasteiger charge is -2.30. The highest BCUT2D eigenvalue weighted by atomic mass is 16.6. The van der Waals surface area contributed by atoms with Crippen LogP contribution in [0.25, 0.3) is 6.08 Å². The Balaban J connectivity index is 1.54. The molecule has 1 amide bonds. The Hall–Kier alpha value is -4.46. The number of allylic oxidation sites excluding steroid dienone is 1. The molecule has 1 heterocycles. The van der Waals surface area contributed by atoms with E-state index in [-0.39, 0.29) is 23.6 Å². The molecule has 3 aromatic rings. The lowest BCUT2D eigenvalue weighted by Crippen LogP contribution is -2.32. The first-order chi connectivity index (χ1) is 18.7. The molecule has 0 N–H and O–H groups in total. The van der Waals surface area contributed by atoms with Gasteiger partial charge < -0.3 is 9.80 Å². The minimum absolute atomic E-state index is 0.0470. The molecule has 1 fully saturated rings. The molecule has 0 saturated heterocycles. The first kappa shape index (κ1) is 26.2. The zero-order valence-electron chi connectivity index (χ0n) is 22.7. The summed E-state index contributed by atoms with van der Waals surface area (Å²) in [5.74, 6) is -0.193. The normalized spacial score (nSPS) is 19.4. The van der Waals surface area contributed by atoms with E-state index in [0.29, 0.717) is 5.56 Å². The van der Waals surface area contributed by atoms with Crippen LogP contribution in [0.3, 0.4) is 0 Å². The summed E-state index contributed by atoms with van der Waals surface area (Å²) in [6.07, 6.45) is 5.03. The van der Waals surface area contributed by atoms with Crippen LogP contribution in [0, 0.1) is 16.0 Å². The van der Waals surface area contributed by atoms with Crippen LogP contribution in [0.2, 0.25) is 0 Å². The maximum Gasteiger partial charge on any atom is 0.274 e. The molecule has 0 unspecified atom stereocenters. The lowest BCUT2D eigenvalue weighted by atomic mass is 9.77. The molecular formula is C31H33N5O3. The first-order valence-corrected chi connectivity index (χ1v) is 13.1. The minimum atomic E-state index is -0.462. The molecule has 2 atom stereocenters. The number of hydrogen-bond acceptors (Lipinski definition) is 6. The molecule has 0 spiro atoms. The molecule has 8 nitrogen and oxygen atoms in total. The van der Waals surface area contributed by atoms with Crippen LogP contribution in [0.1, 0.15) is 46.8 Å². The van der Waals surface area contributed by atoms with Gasteiger partial charge in [0.15, 0.2) is 0 Å². The number of fused-ring (bicyclic) bond motifs is 1. The number of anilines is 2. The van der Waals surface area contributed by atoms with Crippen LogP contribution in [0.15, 0.2) is 83.5 Å². The Morgan fingerprint density at radius 1 is 0.923 bits per heavy atom. The van der Waals surface area contributed by atoms with Crippen molar-refractivity contribution in [2.45, 2.75) is 25.3 Å². The summed E-state index contributed by atoms with van der Waals surface area (Å²) in [5, 5.41) is 17.7. The molecule has 0 radical (unpaired) electrons. The van der Waals surface area contributed by atoms with Gasteiger partial charge in [-0.25, -0.2) is 5.01 Å². The van der Waals surface area contributed by atoms with Gasteiger partial charge in [-0.2, -0.15) is 5.10 Å². The molecule has 3 aromatic carbocycles.